The van der Waals surface area contributed by atoms with Gasteiger partial charge < -0.3 is 10.1 Å². The van der Waals surface area contributed by atoms with Crippen molar-refractivity contribution in [1.82, 2.24) is 10.3 Å². The zero-order valence-corrected chi connectivity index (χ0v) is 17.0. The SMILES string of the molecule is CCCNC(=O)COC(=O)c1c2c(nc3ccccc13)/C(=C\c1ccccc1)CC2. The van der Waals surface area contributed by atoms with Crippen molar-refractivity contribution in [2.24, 2.45) is 0 Å². The number of benzene rings is 2. The third-order valence-corrected chi connectivity index (χ3v) is 5.19. The van der Waals surface area contributed by atoms with E-state index in [0.29, 0.717) is 12.1 Å². The number of hydrogen-bond acceptors (Lipinski definition) is 4. The second-order valence-electron chi connectivity index (χ2n) is 7.34. The number of nitrogens with zero attached hydrogens (tertiary/aromatic N) is 1. The normalized spacial score (nSPS) is 14.0. The van der Waals surface area contributed by atoms with Gasteiger partial charge in [-0.15, -0.1) is 0 Å². The summed E-state index contributed by atoms with van der Waals surface area (Å²) >= 11 is 0. The molecule has 0 saturated carbocycles. The van der Waals surface area contributed by atoms with Crippen molar-refractivity contribution in [3.8, 4) is 0 Å². The van der Waals surface area contributed by atoms with Gasteiger partial charge in [0.2, 0.25) is 0 Å². The molecule has 0 saturated heterocycles. The molecule has 0 atom stereocenters. The van der Waals surface area contributed by atoms with Crippen LogP contribution in [0, 0.1) is 0 Å². The molecule has 1 aliphatic carbocycles. The molecule has 0 bridgehead atoms. The van der Waals surface area contributed by atoms with Gasteiger partial charge in [-0.05, 0) is 48.1 Å². The molecule has 4 rings (SSSR count). The molecule has 1 N–H and O–H groups in total. The number of nitrogens with one attached hydrogen (secondary N) is 1. The number of amides is 1. The third kappa shape index (κ3) is 4.10. The van der Waals surface area contributed by atoms with Gasteiger partial charge in [0.15, 0.2) is 6.61 Å². The van der Waals surface area contributed by atoms with Gasteiger partial charge in [-0.2, -0.15) is 0 Å². The second kappa shape index (κ2) is 8.91. The molecule has 5 nitrogen and oxygen atoms in total. The van der Waals surface area contributed by atoms with E-state index in [1.54, 1.807) is 0 Å². The van der Waals surface area contributed by atoms with E-state index in [1.807, 2.05) is 49.4 Å². The van der Waals surface area contributed by atoms with E-state index in [0.717, 1.165) is 52.6 Å². The minimum absolute atomic E-state index is 0.281. The summed E-state index contributed by atoms with van der Waals surface area (Å²) in [5, 5.41) is 3.49. The maximum absolute atomic E-state index is 13.0. The largest absolute Gasteiger partial charge is 0.452 e. The number of carbonyl (C=O) groups excluding carboxylic acids is 2. The Kier molecular flexibility index (Phi) is 5.89. The monoisotopic (exact) mass is 400 g/mol. The Labute approximate surface area is 175 Å². The van der Waals surface area contributed by atoms with Crippen LogP contribution in [0.15, 0.2) is 54.6 Å². The van der Waals surface area contributed by atoms with E-state index in [9.17, 15) is 9.59 Å². The molecule has 1 aromatic heterocycles. The van der Waals surface area contributed by atoms with Gasteiger partial charge in [0, 0.05) is 11.9 Å². The van der Waals surface area contributed by atoms with Crippen LogP contribution in [0.3, 0.4) is 0 Å². The third-order valence-electron chi connectivity index (χ3n) is 5.19. The molecule has 0 fully saturated rings. The number of esters is 1. The molecular formula is C25H24N2O3. The number of carbonyl (C=O) groups is 2. The van der Waals surface area contributed by atoms with E-state index in [1.165, 1.54) is 0 Å². The van der Waals surface area contributed by atoms with Gasteiger partial charge in [0.1, 0.15) is 0 Å². The van der Waals surface area contributed by atoms with Crippen LogP contribution in [0.5, 0.6) is 0 Å². The zero-order valence-electron chi connectivity index (χ0n) is 17.0. The molecule has 30 heavy (non-hydrogen) atoms. The van der Waals surface area contributed by atoms with Gasteiger partial charge in [-0.25, -0.2) is 9.78 Å². The lowest BCUT2D eigenvalue weighted by atomic mass is 10.0. The fourth-order valence-corrected chi connectivity index (χ4v) is 3.78. The van der Waals surface area contributed by atoms with E-state index >= 15 is 0 Å². The number of aromatic nitrogens is 1. The average molecular weight is 400 g/mol. The van der Waals surface area contributed by atoms with Crippen molar-refractivity contribution < 1.29 is 14.3 Å². The van der Waals surface area contributed by atoms with Crippen LogP contribution in [0.25, 0.3) is 22.6 Å². The molecule has 152 valence electrons. The Bertz CT molecular complexity index is 1120. The van der Waals surface area contributed by atoms with Crippen LogP contribution < -0.4 is 5.32 Å². The summed E-state index contributed by atoms with van der Waals surface area (Å²) in [5.41, 5.74) is 5.23. The first-order chi connectivity index (χ1) is 14.7. The average Bonchev–Trinajstić information content (AvgIpc) is 3.17. The van der Waals surface area contributed by atoms with E-state index in [2.05, 4.69) is 23.5 Å². The molecule has 1 heterocycles. The molecule has 5 heteroatoms. The van der Waals surface area contributed by atoms with Crippen molar-refractivity contribution in [1.29, 1.82) is 0 Å². The van der Waals surface area contributed by atoms with Crippen LogP contribution in [0.2, 0.25) is 0 Å². The highest BCUT2D eigenvalue weighted by atomic mass is 16.5. The molecule has 0 aliphatic heterocycles. The summed E-state index contributed by atoms with van der Waals surface area (Å²) in [4.78, 5) is 29.7. The Balaban J connectivity index is 1.71. The van der Waals surface area contributed by atoms with Crippen molar-refractivity contribution in [2.75, 3.05) is 13.2 Å². The van der Waals surface area contributed by atoms with Crippen molar-refractivity contribution in [2.45, 2.75) is 26.2 Å². The minimum Gasteiger partial charge on any atom is -0.452 e. The number of rotatable bonds is 6. The molecule has 1 amide bonds. The van der Waals surface area contributed by atoms with Gasteiger partial charge >= 0.3 is 5.97 Å². The van der Waals surface area contributed by atoms with E-state index < -0.39 is 5.97 Å². The predicted octanol–water partition coefficient (Wildman–Crippen LogP) is 4.40. The van der Waals surface area contributed by atoms with Gasteiger partial charge in [0.25, 0.3) is 5.91 Å². The molecule has 0 spiro atoms. The summed E-state index contributed by atoms with van der Waals surface area (Å²) < 4.78 is 5.38. The highest BCUT2D eigenvalue weighted by Gasteiger charge is 2.27. The fourth-order valence-electron chi connectivity index (χ4n) is 3.78. The van der Waals surface area contributed by atoms with Crippen molar-refractivity contribution >= 4 is 34.4 Å². The van der Waals surface area contributed by atoms with Crippen molar-refractivity contribution in [3.63, 3.8) is 0 Å². The highest BCUT2D eigenvalue weighted by molar-refractivity contribution is 6.07. The van der Waals surface area contributed by atoms with Gasteiger partial charge in [-0.1, -0.05) is 55.5 Å². The molecule has 2 aromatic carbocycles. The summed E-state index contributed by atoms with van der Waals surface area (Å²) in [6.07, 6.45) is 4.49. The molecule has 3 aromatic rings. The first kappa shape index (κ1) is 19.8. The second-order valence-corrected chi connectivity index (χ2v) is 7.34. The zero-order chi connectivity index (χ0) is 20.9. The van der Waals surface area contributed by atoms with Crippen LogP contribution >= 0.6 is 0 Å². The van der Waals surface area contributed by atoms with Gasteiger partial charge in [0.05, 0.1) is 16.8 Å². The minimum atomic E-state index is -0.475. The maximum Gasteiger partial charge on any atom is 0.339 e. The number of pyridine rings is 1. The predicted molar refractivity (Wildman–Crippen MR) is 118 cm³/mol. The Hall–Kier alpha value is -3.47. The quantitative estimate of drug-likeness (QED) is 0.623. The smallest absolute Gasteiger partial charge is 0.339 e. The molecule has 0 unspecified atom stereocenters. The van der Waals surface area contributed by atoms with E-state index in [-0.39, 0.29) is 12.5 Å². The Morgan fingerprint density at radius 1 is 1.07 bits per heavy atom. The first-order valence-corrected chi connectivity index (χ1v) is 10.3. The Morgan fingerprint density at radius 3 is 2.63 bits per heavy atom. The standard InChI is InChI=1S/C25H24N2O3/c1-2-14-26-22(28)16-30-25(29)23-19-10-6-7-11-21(19)27-24-18(12-13-20(23)24)15-17-8-4-3-5-9-17/h3-11,15H,2,12-14,16H2,1H3,(H,26,28)/b18-15-. The number of para-hydroxylation sites is 1. The lowest BCUT2D eigenvalue weighted by Gasteiger charge is -2.12. The molecular weight excluding hydrogens is 376 g/mol. The number of allylic oxidation sites excluding steroid dienone is 1. The topological polar surface area (TPSA) is 68.3 Å². The van der Waals surface area contributed by atoms with Gasteiger partial charge in [-0.3, -0.25) is 4.79 Å². The highest BCUT2D eigenvalue weighted by Crippen LogP contribution is 2.37. The van der Waals surface area contributed by atoms with Crippen LogP contribution in [0.1, 0.15) is 46.9 Å². The van der Waals surface area contributed by atoms with Crippen LogP contribution in [0.4, 0.5) is 0 Å². The summed E-state index contributed by atoms with van der Waals surface area (Å²) in [6, 6.07) is 17.7. The lowest BCUT2D eigenvalue weighted by Crippen LogP contribution is -2.29. The summed E-state index contributed by atoms with van der Waals surface area (Å²) in [7, 11) is 0. The molecule has 1 aliphatic rings. The molecule has 0 radical (unpaired) electrons. The lowest BCUT2D eigenvalue weighted by molar-refractivity contribution is -0.124. The van der Waals surface area contributed by atoms with Crippen molar-refractivity contribution in [3.05, 3.63) is 77.0 Å². The van der Waals surface area contributed by atoms with Crippen LogP contribution in [-0.4, -0.2) is 30.0 Å². The number of hydrogen-bond donors (Lipinski definition) is 1. The number of ether oxygens (including phenoxy) is 1. The first-order valence-electron chi connectivity index (χ1n) is 10.3. The summed E-state index contributed by atoms with van der Waals surface area (Å²) in [6.45, 7) is 2.26. The fraction of sp³-hybridized carbons (Fsp3) is 0.240. The Morgan fingerprint density at radius 2 is 1.83 bits per heavy atom. The van der Waals surface area contributed by atoms with E-state index in [4.69, 9.17) is 9.72 Å². The summed E-state index contributed by atoms with van der Waals surface area (Å²) in [5.74, 6) is -0.762. The number of fused-ring (bicyclic) bond motifs is 2. The maximum atomic E-state index is 13.0. The van der Waals surface area contributed by atoms with Crippen LogP contribution in [-0.2, 0) is 16.0 Å².